The Morgan fingerprint density at radius 2 is 1.73 bits per heavy atom. The number of nitrogens with one attached hydrogen (secondary N) is 1. The predicted octanol–water partition coefficient (Wildman–Crippen LogP) is 2.73. The van der Waals surface area contributed by atoms with Crippen LogP contribution in [0.4, 0.5) is 0 Å². The van der Waals surface area contributed by atoms with Crippen molar-refractivity contribution in [1.29, 1.82) is 0 Å². The number of carbonyl (C=O) groups is 2. The highest BCUT2D eigenvalue weighted by Crippen LogP contribution is 2.33. The number of carbonyl (C=O) groups excluding carboxylic acids is 2. The molecule has 3 heterocycles. The molecule has 174 valence electrons. The number of hydrogen-bond donors (Lipinski definition) is 1. The highest BCUT2D eigenvalue weighted by atomic mass is 16.7. The van der Waals surface area contributed by atoms with E-state index in [-0.39, 0.29) is 18.6 Å². The summed E-state index contributed by atoms with van der Waals surface area (Å²) in [6, 6.07) is 16.1. The molecule has 2 saturated heterocycles. The molecule has 0 aliphatic carbocycles. The highest BCUT2D eigenvalue weighted by molar-refractivity contribution is 5.92. The molecule has 7 nitrogen and oxygen atoms in total. The molecule has 2 fully saturated rings. The third-order valence-electron chi connectivity index (χ3n) is 6.90. The number of piperazine rings is 1. The van der Waals surface area contributed by atoms with Gasteiger partial charge in [0.15, 0.2) is 11.5 Å². The first-order chi connectivity index (χ1) is 16.1. The lowest BCUT2D eigenvalue weighted by Crippen LogP contribution is -2.63. The maximum absolute atomic E-state index is 13.8. The number of amides is 2. The molecule has 0 unspecified atom stereocenters. The average molecular weight is 450 g/mol. The van der Waals surface area contributed by atoms with Crippen molar-refractivity contribution in [3.05, 3.63) is 59.7 Å². The van der Waals surface area contributed by atoms with Gasteiger partial charge in [-0.3, -0.25) is 14.5 Å². The SMILES string of the molecule is O=C1CCCC[C@@](Cc2ccccc2)(C(=O)N2CCN(Cc3ccc4c(c3)OCO4)CC2)N1. The average Bonchev–Trinajstić information content (AvgIpc) is 3.22. The van der Waals surface area contributed by atoms with Crippen LogP contribution in [0.3, 0.4) is 0 Å². The van der Waals surface area contributed by atoms with Crippen LogP contribution in [0.25, 0.3) is 0 Å². The third-order valence-corrected chi connectivity index (χ3v) is 6.90. The van der Waals surface area contributed by atoms with Gasteiger partial charge >= 0.3 is 0 Å². The van der Waals surface area contributed by atoms with E-state index in [1.807, 2.05) is 47.4 Å². The van der Waals surface area contributed by atoms with Crippen molar-refractivity contribution in [3.8, 4) is 11.5 Å². The van der Waals surface area contributed by atoms with Gasteiger partial charge in [-0.1, -0.05) is 42.8 Å². The summed E-state index contributed by atoms with van der Waals surface area (Å²) in [4.78, 5) is 30.6. The lowest BCUT2D eigenvalue weighted by molar-refractivity contribution is -0.143. The first-order valence-corrected chi connectivity index (χ1v) is 11.9. The van der Waals surface area contributed by atoms with Crippen LogP contribution in [0.1, 0.15) is 36.8 Å². The maximum atomic E-state index is 13.8. The fraction of sp³-hybridized carbons (Fsp3) is 0.462. The number of benzene rings is 2. The topological polar surface area (TPSA) is 71.1 Å². The van der Waals surface area contributed by atoms with E-state index in [0.717, 1.165) is 49.5 Å². The van der Waals surface area contributed by atoms with Crippen molar-refractivity contribution in [3.63, 3.8) is 0 Å². The van der Waals surface area contributed by atoms with Crippen LogP contribution in [-0.4, -0.2) is 60.1 Å². The van der Waals surface area contributed by atoms with Crippen molar-refractivity contribution in [2.24, 2.45) is 0 Å². The summed E-state index contributed by atoms with van der Waals surface area (Å²) in [5, 5.41) is 3.14. The van der Waals surface area contributed by atoms with Gasteiger partial charge in [0.2, 0.25) is 18.6 Å². The van der Waals surface area contributed by atoms with Crippen LogP contribution in [0.5, 0.6) is 11.5 Å². The van der Waals surface area contributed by atoms with E-state index in [0.29, 0.717) is 32.4 Å². The van der Waals surface area contributed by atoms with Gasteiger partial charge in [0.05, 0.1) is 0 Å². The highest BCUT2D eigenvalue weighted by Gasteiger charge is 2.43. The molecule has 7 heteroatoms. The van der Waals surface area contributed by atoms with Crippen LogP contribution < -0.4 is 14.8 Å². The Morgan fingerprint density at radius 3 is 2.55 bits per heavy atom. The van der Waals surface area contributed by atoms with Crippen LogP contribution in [0.2, 0.25) is 0 Å². The van der Waals surface area contributed by atoms with E-state index < -0.39 is 5.54 Å². The predicted molar refractivity (Wildman–Crippen MR) is 124 cm³/mol. The minimum Gasteiger partial charge on any atom is -0.454 e. The van der Waals surface area contributed by atoms with Gasteiger partial charge in [-0.25, -0.2) is 0 Å². The Labute approximate surface area is 194 Å². The number of fused-ring (bicyclic) bond motifs is 1. The van der Waals surface area contributed by atoms with Gasteiger partial charge in [0, 0.05) is 45.6 Å². The summed E-state index contributed by atoms with van der Waals surface area (Å²) >= 11 is 0. The second-order valence-electron chi connectivity index (χ2n) is 9.26. The molecule has 0 aromatic heterocycles. The first kappa shape index (κ1) is 21.8. The van der Waals surface area contributed by atoms with Gasteiger partial charge in [-0.15, -0.1) is 0 Å². The smallest absolute Gasteiger partial charge is 0.248 e. The van der Waals surface area contributed by atoms with Crippen molar-refractivity contribution in [2.45, 2.75) is 44.2 Å². The van der Waals surface area contributed by atoms with Crippen LogP contribution >= 0.6 is 0 Å². The monoisotopic (exact) mass is 449 g/mol. The normalized spacial score (nSPS) is 23.2. The summed E-state index contributed by atoms with van der Waals surface area (Å²) in [6.45, 7) is 4.02. The second kappa shape index (κ2) is 9.43. The molecule has 1 N–H and O–H groups in total. The van der Waals surface area contributed by atoms with Gasteiger partial charge in [0.1, 0.15) is 5.54 Å². The Kier molecular flexibility index (Phi) is 6.22. The molecule has 3 aliphatic heterocycles. The summed E-state index contributed by atoms with van der Waals surface area (Å²) < 4.78 is 10.9. The fourth-order valence-corrected chi connectivity index (χ4v) is 5.13. The van der Waals surface area contributed by atoms with E-state index in [1.165, 1.54) is 5.56 Å². The summed E-state index contributed by atoms with van der Waals surface area (Å²) in [7, 11) is 0. The van der Waals surface area contributed by atoms with Crippen molar-refractivity contribution in [2.75, 3.05) is 33.0 Å². The van der Waals surface area contributed by atoms with E-state index in [9.17, 15) is 9.59 Å². The molecule has 2 aromatic rings. The standard InChI is InChI=1S/C26H31N3O4/c30-24-8-4-5-11-26(27-24,17-20-6-2-1-3-7-20)25(31)29-14-12-28(13-15-29)18-21-9-10-22-23(16-21)33-19-32-22/h1-3,6-7,9-10,16H,4-5,8,11-15,17-19H2,(H,27,30)/t26-/m1/s1. The van der Waals surface area contributed by atoms with Gasteiger partial charge < -0.3 is 19.7 Å². The number of nitrogens with zero attached hydrogens (tertiary/aromatic N) is 2. The summed E-state index contributed by atoms with van der Waals surface area (Å²) in [5.41, 5.74) is 1.40. The quantitative estimate of drug-likeness (QED) is 0.760. The van der Waals surface area contributed by atoms with Crippen molar-refractivity contribution >= 4 is 11.8 Å². The molecular weight excluding hydrogens is 418 g/mol. The zero-order chi connectivity index (χ0) is 22.7. The Balaban J connectivity index is 1.26. The molecule has 2 amide bonds. The van der Waals surface area contributed by atoms with Crippen LogP contribution in [0, 0.1) is 0 Å². The van der Waals surface area contributed by atoms with Gasteiger partial charge in [-0.05, 0) is 36.1 Å². The molecule has 0 saturated carbocycles. The van der Waals surface area contributed by atoms with Gasteiger partial charge in [0.25, 0.3) is 0 Å². The molecule has 33 heavy (non-hydrogen) atoms. The Morgan fingerprint density at radius 1 is 0.939 bits per heavy atom. The second-order valence-corrected chi connectivity index (χ2v) is 9.26. The van der Waals surface area contributed by atoms with E-state index in [4.69, 9.17) is 9.47 Å². The third kappa shape index (κ3) is 4.83. The molecule has 0 bridgehead atoms. The Bertz CT molecular complexity index is 1000. The van der Waals surface area contributed by atoms with E-state index in [2.05, 4.69) is 16.3 Å². The minimum absolute atomic E-state index is 0.0155. The zero-order valence-electron chi connectivity index (χ0n) is 18.9. The van der Waals surface area contributed by atoms with Gasteiger partial charge in [-0.2, -0.15) is 0 Å². The van der Waals surface area contributed by atoms with Crippen molar-refractivity contribution < 1.29 is 19.1 Å². The largest absolute Gasteiger partial charge is 0.454 e. The molecule has 5 rings (SSSR count). The summed E-state index contributed by atoms with van der Waals surface area (Å²) in [5.74, 6) is 1.64. The molecule has 0 radical (unpaired) electrons. The fourth-order valence-electron chi connectivity index (χ4n) is 5.13. The van der Waals surface area contributed by atoms with Crippen molar-refractivity contribution in [1.82, 2.24) is 15.1 Å². The van der Waals surface area contributed by atoms with E-state index >= 15 is 0 Å². The molecule has 3 aliphatic rings. The van der Waals surface area contributed by atoms with Crippen LogP contribution in [0.15, 0.2) is 48.5 Å². The lowest BCUT2D eigenvalue weighted by atomic mass is 9.84. The lowest BCUT2D eigenvalue weighted by Gasteiger charge is -2.41. The summed E-state index contributed by atoms with van der Waals surface area (Å²) in [6.07, 6.45) is 3.42. The molecule has 0 spiro atoms. The van der Waals surface area contributed by atoms with Crippen LogP contribution in [-0.2, 0) is 22.6 Å². The zero-order valence-corrected chi connectivity index (χ0v) is 18.9. The molecule has 2 aromatic carbocycles. The number of ether oxygens (including phenoxy) is 2. The maximum Gasteiger partial charge on any atom is 0.248 e. The number of hydrogen-bond acceptors (Lipinski definition) is 5. The molecular formula is C26H31N3O4. The minimum atomic E-state index is -0.853. The van der Waals surface area contributed by atoms with E-state index in [1.54, 1.807) is 0 Å². The Hall–Kier alpha value is -3.06. The number of rotatable bonds is 5. The first-order valence-electron chi connectivity index (χ1n) is 11.9. The molecule has 1 atom stereocenters.